The molecule has 0 bridgehead atoms. The molecule has 4 aliphatic rings. The molecule has 2 aliphatic heterocycles. The van der Waals surface area contributed by atoms with Crippen molar-refractivity contribution in [1.29, 1.82) is 0 Å². The summed E-state index contributed by atoms with van der Waals surface area (Å²) in [4.78, 5) is 83.3. The second-order valence-electron chi connectivity index (χ2n) is 25.1. The standard InChI is InChI=1S/C43H46N4O7.C30H30N4O4.ClH/c1-43(2,3)54-42(50)47-21-9-12-30(24-47)32-22-34(44-39-33(32)23-35(41(49)46-39)45-40(48)29-10-6-5-7-11-29)38-36(52-25-27-15-16-27)13-8-14-37(38)53-26-28-17-19-31(51-4)20-18-28;35-25-9-4-10-26(38-17-18-11-12-18)27(25)23-14-21(20-8-5-13-31-16-20)22-15-24(30(37)34-28(22)32-23)33-29(36)19-6-2-1-3-7-19;/h5-8,10-11,13-14,17-20,22-23,27,30H,9,12,15-16,21,24-26H2,1-4H3,(H,45,48)(H,44,46,49);1-4,6-7,9-10,14-15,18,20,31,35H,5,8,11-13,16-17H2,(H,33,36)(H,32,34,37);1H. The maximum absolute atomic E-state index is 13.6. The molecule has 0 radical (unpaired) electrons. The van der Waals surface area contributed by atoms with Crippen molar-refractivity contribution in [3.63, 3.8) is 0 Å². The third kappa shape index (κ3) is 16.0. The van der Waals surface area contributed by atoms with Gasteiger partial charge in [0.2, 0.25) is 0 Å². The molecule has 4 fully saturated rings. The SMILES string of the molecule is COc1ccc(COc2cccc(OCC3CC3)c2-c2cc(C3CCCN(C(=O)OC(C)(C)C)C3)c3cc(NC(=O)c4ccccc4)c(=O)[nH]c3n2)cc1.Cl.O=C(Nc1cc2c(C3CCCNC3)cc(-c3c(O)cccc3OCC3CC3)nc2[nH]c1=O)c1ccccc1. The van der Waals surface area contributed by atoms with E-state index in [2.05, 4.69) is 25.9 Å². The Morgan fingerprint density at radius 3 is 1.66 bits per heavy atom. The molecule has 2 saturated carbocycles. The fraction of sp³-hybridized carbons (Fsp3) is 0.329. The van der Waals surface area contributed by atoms with Crippen molar-refractivity contribution in [1.82, 2.24) is 30.2 Å². The van der Waals surface area contributed by atoms with Crippen molar-refractivity contribution in [2.45, 2.75) is 96.2 Å². The summed E-state index contributed by atoms with van der Waals surface area (Å²) < 4.78 is 30.1. The molecule has 3 amide bonds. The number of fused-ring (bicyclic) bond motifs is 2. The zero-order valence-corrected chi connectivity index (χ0v) is 53.4. The number of phenolic OH excluding ortho intramolecular Hbond substituents is 1. The van der Waals surface area contributed by atoms with Crippen LogP contribution in [0, 0.1) is 11.8 Å². The van der Waals surface area contributed by atoms with E-state index in [1.807, 2.05) is 93.6 Å². The Morgan fingerprint density at radius 2 is 1.13 bits per heavy atom. The normalized spacial score (nSPS) is 16.2. The van der Waals surface area contributed by atoms with Crippen molar-refractivity contribution in [3.05, 3.63) is 194 Å². The number of hydrogen-bond acceptors (Lipinski definition) is 14. The summed E-state index contributed by atoms with van der Waals surface area (Å²) in [6, 6.07) is 43.6. The van der Waals surface area contributed by atoms with Crippen LogP contribution in [0.4, 0.5) is 16.2 Å². The fourth-order valence-electron chi connectivity index (χ4n) is 11.7. The largest absolute Gasteiger partial charge is 0.507 e. The summed E-state index contributed by atoms with van der Waals surface area (Å²) in [6.45, 7) is 9.74. The number of phenols is 1. The highest BCUT2D eigenvalue weighted by atomic mass is 35.5. The lowest BCUT2D eigenvalue weighted by Gasteiger charge is -2.34. The highest BCUT2D eigenvalue weighted by Gasteiger charge is 2.32. The summed E-state index contributed by atoms with van der Waals surface area (Å²) in [5, 5.41) is 21.3. The van der Waals surface area contributed by atoms with Crippen LogP contribution >= 0.6 is 12.4 Å². The molecule has 13 rings (SSSR count). The van der Waals surface area contributed by atoms with E-state index in [9.17, 15) is 29.1 Å². The number of methoxy groups -OCH3 is 1. The first kappa shape index (κ1) is 64.8. The van der Waals surface area contributed by atoms with Gasteiger partial charge in [-0.15, -0.1) is 12.4 Å². The average Bonchev–Trinajstić information content (AvgIpc) is 1.62. The lowest BCUT2D eigenvalue weighted by molar-refractivity contribution is 0.0198. The molecule has 2 unspecified atom stereocenters. The van der Waals surface area contributed by atoms with Gasteiger partial charge in [0.1, 0.15) is 63.6 Å². The number of anilines is 2. The third-order valence-corrected chi connectivity index (χ3v) is 16.9. The van der Waals surface area contributed by atoms with Gasteiger partial charge in [-0.25, -0.2) is 14.8 Å². The molecule has 6 N–H and O–H groups in total. The molecule has 19 nitrogen and oxygen atoms in total. The van der Waals surface area contributed by atoms with E-state index < -0.39 is 22.6 Å². The molecule has 93 heavy (non-hydrogen) atoms. The molecule has 2 saturated heterocycles. The van der Waals surface area contributed by atoms with Gasteiger partial charge >= 0.3 is 6.09 Å². The van der Waals surface area contributed by atoms with E-state index in [-0.39, 0.29) is 60.0 Å². The number of aromatic nitrogens is 4. The average molecular weight is 1280 g/mol. The maximum atomic E-state index is 13.6. The molecule has 2 atom stereocenters. The zero-order chi connectivity index (χ0) is 63.9. The van der Waals surface area contributed by atoms with Crippen molar-refractivity contribution in [2.24, 2.45) is 11.8 Å². The van der Waals surface area contributed by atoms with E-state index in [1.165, 1.54) is 0 Å². The van der Waals surface area contributed by atoms with E-state index in [0.29, 0.717) is 106 Å². The lowest BCUT2D eigenvalue weighted by Crippen LogP contribution is -2.42. The molecule has 20 heteroatoms. The van der Waals surface area contributed by atoms with Crippen LogP contribution in [0.25, 0.3) is 44.6 Å². The van der Waals surface area contributed by atoms with Crippen molar-refractivity contribution < 1.29 is 43.2 Å². The van der Waals surface area contributed by atoms with E-state index in [0.717, 1.165) is 92.3 Å². The first-order valence-electron chi connectivity index (χ1n) is 31.7. The van der Waals surface area contributed by atoms with Crippen molar-refractivity contribution >= 4 is 63.8 Å². The smallest absolute Gasteiger partial charge is 0.410 e. The Kier molecular flexibility index (Phi) is 20.1. The number of pyridine rings is 4. The molecular formula is C73H77ClN8O11. The first-order chi connectivity index (χ1) is 44.6. The minimum atomic E-state index is -0.641. The van der Waals surface area contributed by atoms with Gasteiger partial charge in [-0.3, -0.25) is 19.2 Å². The number of ether oxygens (including phenoxy) is 5. The Labute approximate surface area is 545 Å². The highest BCUT2D eigenvalue weighted by Crippen LogP contribution is 2.44. The number of piperidine rings is 2. The van der Waals surface area contributed by atoms with E-state index >= 15 is 0 Å². The van der Waals surface area contributed by atoms with Crippen LogP contribution in [-0.2, 0) is 11.3 Å². The second-order valence-corrected chi connectivity index (χ2v) is 25.1. The number of halogens is 1. The Bertz CT molecular complexity index is 4280. The number of carbonyl (C=O) groups is 3. The third-order valence-electron chi connectivity index (χ3n) is 16.9. The van der Waals surface area contributed by atoms with E-state index in [1.54, 1.807) is 84.8 Å². The number of aromatic amines is 2. The molecule has 9 aromatic rings. The van der Waals surface area contributed by atoms with Crippen LogP contribution < -0.4 is 46.0 Å². The van der Waals surface area contributed by atoms with Crippen molar-refractivity contribution in [2.75, 3.05) is 57.1 Å². The number of amides is 3. The molecule has 5 aromatic carbocycles. The van der Waals surface area contributed by atoms with Gasteiger partial charge < -0.3 is 59.6 Å². The quantitative estimate of drug-likeness (QED) is 0.0468. The number of nitrogens with one attached hydrogen (secondary N) is 5. The van der Waals surface area contributed by atoms with Gasteiger partial charge in [0.15, 0.2) is 0 Å². The molecule has 6 heterocycles. The Morgan fingerprint density at radius 1 is 0.613 bits per heavy atom. The number of aromatic hydroxyl groups is 1. The van der Waals surface area contributed by atoms with Crippen LogP contribution in [-0.4, -0.2) is 100.0 Å². The van der Waals surface area contributed by atoms with Crippen LogP contribution in [0.15, 0.2) is 155 Å². The number of likely N-dealkylation sites (tertiary alicyclic amines) is 1. The molecule has 2 aliphatic carbocycles. The Balaban J connectivity index is 0.000000199. The summed E-state index contributed by atoms with van der Waals surface area (Å²) in [5.74, 6) is 2.95. The van der Waals surface area contributed by atoms with Gasteiger partial charge in [-0.1, -0.05) is 60.7 Å². The number of rotatable bonds is 18. The molecular weight excluding hydrogens is 1200 g/mol. The predicted molar refractivity (Wildman–Crippen MR) is 362 cm³/mol. The molecule has 0 spiro atoms. The second kappa shape index (κ2) is 28.8. The van der Waals surface area contributed by atoms with Gasteiger partial charge in [0.25, 0.3) is 22.9 Å². The van der Waals surface area contributed by atoms with Crippen molar-refractivity contribution in [3.8, 4) is 51.3 Å². The summed E-state index contributed by atoms with van der Waals surface area (Å²) in [6.07, 6.45) is 7.73. The van der Waals surface area contributed by atoms with Crippen LogP contribution in [0.2, 0.25) is 0 Å². The number of hydrogen-bond donors (Lipinski definition) is 6. The lowest BCUT2D eigenvalue weighted by atomic mass is 9.88. The number of carbonyl (C=O) groups excluding carboxylic acids is 3. The summed E-state index contributed by atoms with van der Waals surface area (Å²) >= 11 is 0. The molecule has 482 valence electrons. The fourth-order valence-corrected chi connectivity index (χ4v) is 11.7. The maximum Gasteiger partial charge on any atom is 0.410 e. The number of benzene rings is 5. The van der Waals surface area contributed by atoms with Crippen LogP contribution in [0.5, 0.6) is 28.7 Å². The zero-order valence-electron chi connectivity index (χ0n) is 52.6. The first-order valence-corrected chi connectivity index (χ1v) is 31.7. The number of nitrogens with zero attached hydrogens (tertiary/aromatic N) is 3. The summed E-state index contributed by atoms with van der Waals surface area (Å²) in [5.41, 5.74) is 5.44. The van der Waals surface area contributed by atoms with Gasteiger partial charge in [-0.05, 0) is 198 Å². The minimum absolute atomic E-state index is 0. The predicted octanol–water partition coefficient (Wildman–Crippen LogP) is 13.6. The highest BCUT2D eigenvalue weighted by molar-refractivity contribution is 6.06. The topological polar surface area (TPSA) is 248 Å². The number of H-pyrrole nitrogens is 2. The Hall–Kier alpha value is -9.72. The van der Waals surface area contributed by atoms with Gasteiger partial charge in [0, 0.05) is 47.5 Å². The van der Waals surface area contributed by atoms with E-state index in [4.69, 9.17) is 33.7 Å². The van der Waals surface area contributed by atoms with Gasteiger partial charge in [0.05, 0.1) is 42.8 Å². The minimum Gasteiger partial charge on any atom is -0.507 e. The van der Waals surface area contributed by atoms with Crippen LogP contribution in [0.1, 0.15) is 121 Å². The van der Waals surface area contributed by atoms with Crippen LogP contribution in [0.3, 0.4) is 0 Å². The molecule has 4 aromatic heterocycles. The summed E-state index contributed by atoms with van der Waals surface area (Å²) in [7, 11) is 1.63. The van der Waals surface area contributed by atoms with Gasteiger partial charge in [-0.2, -0.15) is 0 Å². The monoisotopic (exact) mass is 1280 g/mol.